The van der Waals surface area contributed by atoms with Crippen molar-refractivity contribution in [1.29, 1.82) is 0 Å². The molecule has 0 aromatic heterocycles. The lowest BCUT2D eigenvalue weighted by Crippen LogP contribution is -2.47. The molecule has 2 aromatic carbocycles. The highest BCUT2D eigenvalue weighted by molar-refractivity contribution is 5.81. The van der Waals surface area contributed by atoms with Crippen LogP contribution in [-0.4, -0.2) is 31.2 Å². The first-order valence-corrected chi connectivity index (χ1v) is 7.68. The lowest BCUT2D eigenvalue weighted by molar-refractivity contribution is -0.122. The van der Waals surface area contributed by atoms with Gasteiger partial charge in [-0.2, -0.15) is 0 Å². The first kappa shape index (κ1) is 15.4. The number of amides is 1. The second kappa shape index (κ2) is 7.15. The average molecular weight is 312 g/mol. The molecule has 0 bridgehead atoms. The largest absolute Gasteiger partial charge is 0.486 e. The fourth-order valence-electron chi connectivity index (χ4n) is 2.47. The summed E-state index contributed by atoms with van der Waals surface area (Å²) >= 11 is 0. The van der Waals surface area contributed by atoms with E-state index in [1.54, 1.807) is 0 Å². The third-order valence-corrected chi connectivity index (χ3v) is 3.71. The van der Waals surface area contributed by atoms with Crippen LogP contribution in [0.15, 0.2) is 54.6 Å². The molecule has 2 unspecified atom stereocenters. The molecule has 1 amide bonds. The van der Waals surface area contributed by atoms with Gasteiger partial charge in [0.25, 0.3) is 0 Å². The van der Waals surface area contributed by atoms with Gasteiger partial charge in [0.05, 0.1) is 12.6 Å². The van der Waals surface area contributed by atoms with Crippen LogP contribution in [-0.2, 0) is 11.2 Å². The second-order valence-electron chi connectivity index (χ2n) is 5.54. The number of benzene rings is 2. The minimum Gasteiger partial charge on any atom is -0.486 e. The Balaban J connectivity index is 1.48. The number of rotatable bonds is 5. The van der Waals surface area contributed by atoms with E-state index in [4.69, 9.17) is 15.2 Å². The Morgan fingerprint density at radius 3 is 2.61 bits per heavy atom. The molecule has 0 saturated heterocycles. The van der Waals surface area contributed by atoms with E-state index in [1.807, 2.05) is 54.6 Å². The van der Waals surface area contributed by atoms with E-state index < -0.39 is 6.04 Å². The molecule has 1 aliphatic rings. The molecule has 1 aliphatic heterocycles. The Kier molecular flexibility index (Phi) is 4.78. The lowest BCUT2D eigenvalue weighted by atomic mass is 10.1. The predicted molar refractivity (Wildman–Crippen MR) is 87.5 cm³/mol. The van der Waals surface area contributed by atoms with Crippen LogP contribution in [0.5, 0.6) is 11.5 Å². The van der Waals surface area contributed by atoms with Crippen molar-refractivity contribution in [2.24, 2.45) is 5.73 Å². The van der Waals surface area contributed by atoms with E-state index in [1.165, 1.54) is 0 Å². The van der Waals surface area contributed by atoms with Gasteiger partial charge in [0.1, 0.15) is 12.7 Å². The van der Waals surface area contributed by atoms with Crippen molar-refractivity contribution in [2.45, 2.75) is 18.6 Å². The van der Waals surface area contributed by atoms with Crippen molar-refractivity contribution in [3.05, 3.63) is 60.2 Å². The third kappa shape index (κ3) is 4.02. The summed E-state index contributed by atoms with van der Waals surface area (Å²) in [6.45, 7) is 0.779. The van der Waals surface area contributed by atoms with E-state index in [0.717, 1.165) is 11.3 Å². The van der Waals surface area contributed by atoms with Crippen LogP contribution in [0.25, 0.3) is 0 Å². The van der Waals surface area contributed by atoms with Crippen molar-refractivity contribution < 1.29 is 14.3 Å². The molecule has 0 saturated carbocycles. The summed E-state index contributed by atoms with van der Waals surface area (Å²) in [4.78, 5) is 12.1. The van der Waals surface area contributed by atoms with Gasteiger partial charge in [0, 0.05) is 0 Å². The van der Waals surface area contributed by atoms with Crippen LogP contribution in [0.2, 0.25) is 0 Å². The molecule has 0 aliphatic carbocycles. The van der Waals surface area contributed by atoms with Crippen molar-refractivity contribution in [1.82, 2.24) is 5.32 Å². The van der Waals surface area contributed by atoms with Gasteiger partial charge < -0.3 is 20.5 Å². The molecule has 2 atom stereocenters. The number of hydrogen-bond donors (Lipinski definition) is 2. The minimum absolute atomic E-state index is 0.184. The first-order valence-electron chi connectivity index (χ1n) is 7.68. The molecule has 120 valence electrons. The Bertz CT molecular complexity index is 660. The van der Waals surface area contributed by atoms with Crippen LogP contribution in [0, 0.1) is 0 Å². The Labute approximate surface area is 135 Å². The highest BCUT2D eigenvalue weighted by Gasteiger charge is 2.22. The number of ether oxygens (including phenoxy) is 2. The number of carbonyl (C=O) groups is 1. The number of fused-ring (bicyclic) bond motifs is 1. The topological polar surface area (TPSA) is 73.6 Å². The molecule has 5 heteroatoms. The summed E-state index contributed by atoms with van der Waals surface area (Å²) in [5.41, 5.74) is 7.00. The number of nitrogens with one attached hydrogen (secondary N) is 1. The van der Waals surface area contributed by atoms with Crippen molar-refractivity contribution in [3.8, 4) is 11.5 Å². The Hall–Kier alpha value is -2.53. The number of para-hydroxylation sites is 2. The number of carbonyl (C=O) groups excluding carboxylic acids is 1. The van der Waals surface area contributed by atoms with Gasteiger partial charge in [-0.1, -0.05) is 42.5 Å². The quantitative estimate of drug-likeness (QED) is 0.878. The van der Waals surface area contributed by atoms with E-state index in [2.05, 4.69) is 5.32 Å². The zero-order chi connectivity index (χ0) is 16.1. The maximum atomic E-state index is 12.1. The zero-order valence-electron chi connectivity index (χ0n) is 12.8. The molecule has 23 heavy (non-hydrogen) atoms. The molecule has 3 rings (SSSR count). The Morgan fingerprint density at radius 2 is 1.83 bits per heavy atom. The molecular weight excluding hydrogens is 292 g/mol. The van der Waals surface area contributed by atoms with Crippen molar-refractivity contribution in [3.63, 3.8) is 0 Å². The van der Waals surface area contributed by atoms with Gasteiger partial charge >= 0.3 is 0 Å². The van der Waals surface area contributed by atoms with Gasteiger partial charge in [-0.3, -0.25) is 4.79 Å². The van der Waals surface area contributed by atoms with Crippen LogP contribution in [0.4, 0.5) is 0 Å². The first-order chi connectivity index (χ1) is 11.2. The maximum absolute atomic E-state index is 12.1. The summed E-state index contributed by atoms with van der Waals surface area (Å²) in [6.07, 6.45) is 0.301. The normalized spacial score (nSPS) is 17.3. The van der Waals surface area contributed by atoms with Gasteiger partial charge in [0.15, 0.2) is 11.5 Å². The summed E-state index contributed by atoms with van der Waals surface area (Å²) in [5, 5.41) is 2.83. The van der Waals surface area contributed by atoms with Gasteiger partial charge in [-0.05, 0) is 24.1 Å². The Morgan fingerprint density at radius 1 is 1.13 bits per heavy atom. The van der Waals surface area contributed by atoms with E-state index in [0.29, 0.717) is 25.3 Å². The highest BCUT2D eigenvalue weighted by atomic mass is 16.6. The van der Waals surface area contributed by atoms with E-state index in [9.17, 15) is 4.79 Å². The molecule has 1 heterocycles. The maximum Gasteiger partial charge on any atom is 0.237 e. The van der Waals surface area contributed by atoms with Crippen LogP contribution >= 0.6 is 0 Å². The highest BCUT2D eigenvalue weighted by Crippen LogP contribution is 2.30. The lowest BCUT2D eigenvalue weighted by Gasteiger charge is -2.26. The molecule has 0 radical (unpaired) electrons. The number of hydrogen-bond acceptors (Lipinski definition) is 4. The smallest absolute Gasteiger partial charge is 0.237 e. The van der Waals surface area contributed by atoms with Crippen LogP contribution in [0.1, 0.15) is 5.56 Å². The monoisotopic (exact) mass is 312 g/mol. The summed E-state index contributed by atoms with van der Waals surface area (Å²) in [7, 11) is 0. The SMILES string of the molecule is NC(Cc1ccccc1)C(=O)NCC1COc2ccccc2O1. The summed E-state index contributed by atoms with van der Waals surface area (Å²) in [6, 6.07) is 16.7. The van der Waals surface area contributed by atoms with Gasteiger partial charge in [-0.15, -0.1) is 0 Å². The molecule has 5 nitrogen and oxygen atoms in total. The standard InChI is InChI=1S/C18H20N2O3/c19-15(10-13-6-2-1-3-7-13)18(21)20-11-14-12-22-16-8-4-5-9-17(16)23-14/h1-9,14-15H,10-12,19H2,(H,20,21). The zero-order valence-corrected chi connectivity index (χ0v) is 12.8. The van der Waals surface area contributed by atoms with Gasteiger partial charge in [-0.25, -0.2) is 0 Å². The van der Waals surface area contributed by atoms with Gasteiger partial charge in [0.2, 0.25) is 5.91 Å². The van der Waals surface area contributed by atoms with E-state index >= 15 is 0 Å². The number of nitrogens with two attached hydrogens (primary N) is 1. The molecule has 3 N–H and O–H groups in total. The fraction of sp³-hybridized carbons (Fsp3) is 0.278. The summed E-state index contributed by atoms with van der Waals surface area (Å²) in [5.74, 6) is 1.25. The molecular formula is C18H20N2O3. The molecule has 2 aromatic rings. The van der Waals surface area contributed by atoms with Crippen LogP contribution in [0.3, 0.4) is 0 Å². The second-order valence-corrected chi connectivity index (χ2v) is 5.54. The molecule has 0 fully saturated rings. The average Bonchev–Trinajstić information content (AvgIpc) is 2.60. The van der Waals surface area contributed by atoms with Crippen molar-refractivity contribution in [2.75, 3.05) is 13.2 Å². The third-order valence-electron chi connectivity index (χ3n) is 3.71. The van der Waals surface area contributed by atoms with E-state index in [-0.39, 0.29) is 12.0 Å². The minimum atomic E-state index is -0.575. The van der Waals surface area contributed by atoms with Crippen LogP contribution < -0.4 is 20.5 Å². The molecule has 0 spiro atoms. The summed E-state index contributed by atoms with van der Waals surface area (Å²) < 4.78 is 11.4. The predicted octanol–water partition coefficient (Wildman–Crippen LogP) is 1.51. The fourth-order valence-corrected chi connectivity index (χ4v) is 2.47. The van der Waals surface area contributed by atoms with Crippen molar-refractivity contribution >= 4 is 5.91 Å².